The van der Waals surface area contributed by atoms with Crippen LogP contribution in [0.1, 0.15) is 22.6 Å². The van der Waals surface area contributed by atoms with Crippen molar-refractivity contribution in [1.29, 1.82) is 5.26 Å². The van der Waals surface area contributed by atoms with Crippen molar-refractivity contribution >= 4 is 21.5 Å². The lowest BCUT2D eigenvalue weighted by Gasteiger charge is -2.38. The molecule has 0 spiro atoms. The highest BCUT2D eigenvalue weighted by atomic mass is 32.2. The van der Waals surface area contributed by atoms with Gasteiger partial charge in [0.25, 0.3) is 10.0 Å². The maximum Gasteiger partial charge on any atom is 0.265 e. The molecule has 0 fully saturated rings. The lowest BCUT2D eigenvalue weighted by molar-refractivity contribution is 0.357. The number of nitriles is 1. The Hall–Kier alpha value is -4.16. The standard InChI is InChI=1S/C25H17F2N3O3S/c26-17-10-8-15(9-11-17)14-30-21-7-2-1-6-19(21)23-24(34(30,31)32)22(20(13-28)25(29)33-23)16-4-3-5-18(27)12-16/h1-12,22H,14,29H2/t22-/m0/s1. The molecular weight excluding hydrogens is 460 g/mol. The Morgan fingerprint density at radius 3 is 2.44 bits per heavy atom. The van der Waals surface area contributed by atoms with Crippen molar-refractivity contribution in [3.05, 3.63) is 117 Å². The van der Waals surface area contributed by atoms with Crippen LogP contribution in [0.15, 0.2) is 89.2 Å². The molecule has 3 aromatic carbocycles. The molecule has 5 rings (SSSR count). The van der Waals surface area contributed by atoms with Crippen LogP contribution in [-0.4, -0.2) is 8.42 Å². The quantitative estimate of drug-likeness (QED) is 0.600. The van der Waals surface area contributed by atoms with Crippen LogP contribution in [-0.2, 0) is 21.3 Å². The Morgan fingerprint density at radius 1 is 1.00 bits per heavy atom. The summed E-state index contributed by atoms with van der Waals surface area (Å²) in [5, 5.41) is 9.82. The summed E-state index contributed by atoms with van der Waals surface area (Å²) in [5.74, 6) is -2.44. The minimum Gasteiger partial charge on any atom is -0.439 e. The minimum absolute atomic E-state index is 0.00304. The van der Waals surface area contributed by atoms with E-state index in [9.17, 15) is 22.5 Å². The van der Waals surface area contributed by atoms with Gasteiger partial charge in [-0.2, -0.15) is 5.26 Å². The Kier molecular flexibility index (Phi) is 5.10. The van der Waals surface area contributed by atoms with Gasteiger partial charge in [-0.25, -0.2) is 17.2 Å². The first kappa shape index (κ1) is 21.7. The van der Waals surface area contributed by atoms with Crippen molar-refractivity contribution in [3.8, 4) is 6.07 Å². The number of hydrogen-bond donors (Lipinski definition) is 1. The summed E-state index contributed by atoms with van der Waals surface area (Å²) in [4.78, 5) is -0.204. The highest BCUT2D eigenvalue weighted by Gasteiger charge is 2.47. The summed E-state index contributed by atoms with van der Waals surface area (Å²) in [5.41, 5.74) is 7.52. The fraction of sp³-hybridized carbons (Fsp3) is 0.0800. The highest BCUT2D eigenvalue weighted by molar-refractivity contribution is 7.96. The molecule has 2 aliphatic heterocycles. The number of hydrogen-bond acceptors (Lipinski definition) is 5. The summed E-state index contributed by atoms with van der Waals surface area (Å²) in [6.45, 7) is -0.0899. The second kappa shape index (κ2) is 8.01. The molecule has 1 atom stereocenters. The summed E-state index contributed by atoms with van der Waals surface area (Å²) >= 11 is 0. The fourth-order valence-electron chi connectivity index (χ4n) is 4.25. The highest BCUT2D eigenvalue weighted by Crippen LogP contribution is 2.51. The Bertz CT molecular complexity index is 1520. The van der Waals surface area contributed by atoms with E-state index in [1.54, 1.807) is 24.3 Å². The number of halogens is 2. The third kappa shape index (κ3) is 3.40. The van der Waals surface area contributed by atoms with Gasteiger partial charge in [0.2, 0.25) is 5.88 Å². The Balaban J connectivity index is 1.76. The number of rotatable bonds is 3. The summed E-state index contributed by atoms with van der Waals surface area (Å²) < 4.78 is 62.6. The molecule has 170 valence electrons. The van der Waals surface area contributed by atoms with Gasteiger partial charge in [-0.3, -0.25) is 4.31 Å². The minimum atomic E-state index is -4.29. The number of ether oxygens (including phenoxy) is 1. The van der Waals surface area contributed by atoms with Gasteiger partial charge in [0.15, 0.2) is 5.76 Å². The van der Waals surface area contributed by atoms with Gasteiger partial charge in [0, 0.05) is 5.56 Å². The number of fused-ring (bicyclic) bond motifs is 2. The van der Waals surface area contributed by atoms with E-state index >= 15 is 0 Å². The number of sulfonamides is 1. The summed E-state index contributed by atoms with van der Waals surface area (Å²) in [7, 11) is -4.29. The zero-order chi connectivity index (χ0) is 24.0. The first-order valence-electron chi connectivity index (χ1n) is 10.2. The van der Waals surface area contributed by atoms with Gasteiger partial charge in [0.05, 0.1) is 18.2 Å². The maximum atomic E-state index is 14.1. The molecule has 34 heavy (non-hydrogen) atoms. The number of nitrogens with two attached hydrogens (primary N) is 1. The van der Waals surface area contributed by atoms with E-state index in [0.29, 0.717) is 16.8 Å². The van der Waals surface area contributed by atoms with E-state index in [2.05, 4.69) is 0 Å². The fourth-order valence-corrected chi connectivity index (χ4v) is 6.17. The van der Waals surface area contributed by atoms with Gasteiger partial charge < -0.3 is 10.5 Å². The van der Waals surface area contributed by atoms with Crippen molar-refractivity contribution in [2.24, 2.45) is 5.73 Å². The van der Waals surface area contributed by atoms with Crippen LogP contribution in [0.4, 0.5) is 14.5 Å². The van der Waals surface area contributed by atoms with Gasteiger partial charge in [-0.15, -0.1) is 0 Å². The lowest BCUT2D eigenvalue weighted by Crippen LogP contribution is -2.39. The van der Waals surface area contributed by atoms with Crippen LogP contribution in [0.25, 0.3) is 5.76 Å². The molecular formula is C25H17F2N3O3S. The predicted molar refractivity (Wildman–Crippen MR) is 122 cm³/mol. The molecule has 0 saturated heterocycles. The zero-order valence-corrected chi connectivity index (χ0v) is 18.4. The third-order valence-electron chi connectivity index (χ3n) is 5.78. The SMILES string of the molecule is N#CC1=C(N)OC2=C([C@H]1c1cccc(F)c1)S(=O)(=O)N(Cc1ccc(F)cc1)c1ccccc12. The van der Waals surface area contributed by atoms with Gasteiger partial charge in [-0.1, -0.05) is 36.4 Å². The van der Waals surface area contributed by atoms with E-state index in [1.807, 2.05) is 6.07 Å². The molecule has 3 aromatic rings. The molecule has 2 aliphatic rings. The Morgan fingerprint density at radius 2 is 1.74 bits per heavy atom. The second-order valence-corrected chi connectivity index (χ2v) is 9.66. The molecule has 0 aromatic heterocycles. The van der Waals surface area contributed by atoms with Crippen LogP contribution in [0.5, 0.6) is 0 Å². The average Bonchev–Trinajstić information content (AvgIpc) is 2.82. The van der Waals surface area contributed by atoms with E-state index in [1.165, 1.54) is 52.8 Å². The van der Waals surface area contributed by atoms with Crippen LogP contribution < -0.4 is 10.0 Å². The first-order chi connectivity index (χ1) is 16.3. The lowest BCUT2D eigenvalue weighted by atomic mass is 9.88. The van der Waals surface area contributed by atoms with Crippen LogP contribution in [0, 0.1) is 23.0 Å². The smallest absolute Gasteiger partial charge is 0.265 e. The number of para-hydroxylation sites is 1. The van der Waals surface area contributed by atoms with E-state index in [-0.39, 0.29) is 34.2 Å². The van der Waals surface area contributed by atoms with Crippen molar-refractivity contribution < 1.29 is 21.9 Å². The van der Waals surface area contributed by atoms with E-state index in [0.717, 1.165) is 0 Å². The topological polar surface area (TPSA) is 96.4 Å². The molecule has 0 radical (unpaired) electrons. The van der Waals surface area contributed by atoms with Crippen molar-refractivity contribution in [2.75, 3.05) is 4.31 Å². The molecule has 0 unspecified atom stereocenters. The van der Waals surface area contributed by atoms with E-state index < -0.39 is 27.6 Å². The van der Waals surface area contributed by atoms with Gasteiger partial charge >= 0.3 is 0 Å². The zero-order valence-electron chi connectivity index (χ0n) is 17.6. The first-order valence-corrected chi connectivity index (χ1v) is 11.7. The number of anilines is 1. The monoisotopic (exact) mass is 477 g/mol. The predicted octanol–water partition coefficient (Wildman–Crippen LogP) is 4.49. The molecule has 9 heteroatoms. The Labute approximate surface area is 194 Å². The maximum absolute atomic E-state index is 14.1. The van der Waals surface area contributed by atoms with Crippen LogP contribution in [0.2, 0.25) is 0 Å². The number of allylic oxidation sites excluding steroid dienone is 2. The largest absolute Gasteiger partial charge is 0.439 e. The van der Waals surface area contributed by atoms with Crippen molar-refractivity contribution in [3.63, 3.8) is 0 Å². The number of nitrogens with zero attached hydrogens (tertiary/aromatic N) is 2. The van der Waals surface area contributed by atoms with Crippen molar-refractivity contribution in [1.82, 2.24) is 0 Å². The molecule has 0 bridgehead atoms. The molecule has 6 nitrogen and oxygen atoms in total. The average molecular weight is 477 g/mol. The summed E-state index contributed by atoms with van der Waals surface area (Å²) in [6, 6.07) is 19.5. The molecule has 0 amide bonds. The van der Waals surface area contributed by atoms with Crippen LogP contribution >= 0.6 is 0 Å². The normalized spacial score (nSPS) is 18.6. The molecule has 0 aliphatic carbocycles. The summed E-state index contributed by atoms with van der Waals surface area (Å²) in [6.07, 6.45) is 0. The van der Waals surface area contributed by atoms with Crippen molar-refractivity contribution in [2.45, 2.75) is 12.5 Å². The number of benzene rings is 3. The molecule has 0 saturated carbocycles. The van der Waals surface area contributed by atoms with Crippen LogP contribution in [0.3, 0.4) is 0 Å². The molecule has 2 N–H and O–H groups in total. The van der Waals surface area contributed by atoms with Gasteiger partial charge in [0.1, 0.15) is 28.2 Å². The molecule has 2 heterocycles. The van der Waals surface area contributed by atoms with E-state index in [4.69, 9.17) is 10.5 Å². The third-order valence-corrected chi connectivity index (χ3v) is 7.66. The van der Waals surface area contributed by atoms with Gasteiger partial charge in [-0.05, 0) is 47.5 Å². The second-order valence-electron chi connectivity index (χ2n) is 7.83.